The SMILES string of the molecule is [B]Oc1ccc(C)cc1C(=O)NC. The van der Waals surface area contributed by atoms with E-state index in [-0.39, 0.29) is 5.91 Å². The van der Waals surface area contributed by atoms with Crippen molar-refractivity contribution in [2.45, 2.75) is 6.92 Å². The van der Waals surface area contributed by atoms with E-state index in [0.717, 1.165) is 5.56 Å². The number of nitrogens with one attached hydrogen (secondary N) is 1. The standard InChI is InChI=1S/C9H10BNO2/c1-6-3-4-8(13-10)7(5-6)9(12)11-2/h3-5H,1-2H3,(H,11,12). The van der Waals surface area contributed by atoms with Gasteiger partial charge in [0.1, 0.15) is 5.75 Å². The number of carbonyl (C=O) groups is 1. The maximum atomic E-state index is 11.3. The molecule has 0 unspecified atom stereocenters. The molecule has 0 saturated heterocycles. The summed E-state index contributed by atoms with van der Waals surface area (Å²) in [6.45, 7) is 1.90. The lowest BCUT2D eigenvalue weighted by atomic mass is 10.1. The van der Waals surface area contributed by atoms with Gasteiger partial charge in [-0.2, -0.15) is 0 Å². The average molecular weight is 175 g/mol. The summed E-state index contributed by atoms with van der Waals surface area (Å²) >= 11 is 0. The van der Waals surface area contributed by atoms with Crippen molar-refractivity contribution in [2.75, 3.05) is 7.05 Å². The summed E-state index contributed by atoms with van der Waals surface area (Å²) in [6.07, 6.45) is 0. The summed E-state index contributed by atoms with van der Waals surface area (Å²) in [6, 6.07) is 5.22. The van der Waals surface area contributed by atoms with Gasteiger partial charge in [-0.3, -0.25) is 4.79 Å². The van der Waals surface area contributed by atoms with Crippen LogP contribution in [-0.4, -0.2) is 21.0 Å². The quantitative estimate of drug-likeness (QED) is 0.675. The van der Waals surface area contributed by atoms with Gasteiger partial charge in [-0.1, -0.05) is 11.6 Å². The first-order valence-electron chi connectivity index (χ1n) is 3.88. The Balaban J connectivity index is 3.15. The van der Waals surface area contributed by atoms with Gasteiger partial charge in [-0.15, -0.1) is 0 Å². The van der Waals surface area contributed by atoms with Crippen LogP contribution in [0.25, 0.3) is 0 Å². The fraction of sp³-hybridized carbons (Fsp3) is 0.222. The summed E-state index contributed by atoms with van der Waals surface area (Å²) < 4.78 is 4.56. The third-order valence-corrected chi connectivity index (χ3v) is 1.73. The van der Waals surface area contributed by atoms with Crippen molar-refractivity contribution in [1.82, 2.24) is 5.32 Å². The molecule has 3 nitrogen and oxygen atoms in total. The molecule has 0 aromatic heterocycles. The first kappa shape index (κ1) is 9.64. The molecule has 0 bridgehead atoms. The van der Waals surface area contributed by atoms with E-state index in [0.29, 0.717) is 11.3 Å². The van der Waals surface area contributed by atoms with Crippen LogP contribution in [0.15, 0.2) is 18.2 Å². The third-order valence-electron chi connectivity index (χ3n) is 1.73. The van der Waals surface area contributed by atoms with Crippen LogP contribution >= 0.6 is 0 Å². The van der Waals surface area contributed by atoms with Gasteiger partial charge in [0.05, 0.1) is 5.56 Å². The monoisotopic (exact) mass is 175 g/mol. The fourth-order valence-electron chi connectivity index (χ4n) is 1.06. The molecule has 66 valence electrons. The first-order valence-corrected chi connectivity index (χ1v) is 3.88. The molecule has 0 aliphatic carbocycles. The van der Waals surface area contributed by atoms with Gasteiger partial charge in [-0.25, -0.2) is 0 Å². The molecule has 1 amide bonds. The van der Waals surface area contributed by atoms with Gasteiger partial charge in [-0.05, 0) is 19.1 Å². The average Bonchev–Trinajstić information content (AvgIpc) is 2.16. The highest BCUT2D eigenvalue weighted by Gasteiger charge is 2.09. The van der Waals surface area contributed by atoms with Crippen LogP contribution in [0, 0.1) is 6.92 Å². The molecule has 0 atom stereocenters. The molecule has 1 rings (SSSR count). The molecule has 4 heteroatoms. The molecular weight excluding hydrogens is 165 g/mol. The largest absolute Gasteiger partial charge is 0.567 e. The molecule has 0 aliphatic rings. The second-order valence-electron chi connectivity index (χ2n) is 2.70. The minimum atomic E-state index is -0.204. The van der Waals surface area contributed by atoms with Gasteiger partial charge in [0.25, 0.3) is 5.91 Å². The van der Waals surface area contributed by atoms with Crippen molar-refractivity contribution >= 4 is 14.0 Å². The zero-order chi connectivity index (χ0) is 9.84. The summed E-state index contributed by atoms with van der Waals surface area (Å²) in [7, 11) is 6.57. The van der Waals surface area contributed by atoms with E-state index in [1.54, 1.807) is 19.2 Å². The minimum absolute atomic E-state index is 0.204. The van der Waals surface area contributed by atoms with Crippen molar-refractivity contribution in [3.05, 3.63) is 29.3 Å². The van der Waals surface area contributed by atoms with Crippen LogP contribution in [-0.2, 0) is 0 Å². The van der Waals surface area contributed by atoms with Crippen molar-refractivity contribution < 1.29 is 9.45 Å². The van der Waals surface area contributed by atoms with E-state index in [1.165, 1.54) is 0 Å². The van der Waals surface area contributed by atoms with Crippen LogP contribution < -0.4 is 9.97 Å². The zero-order valence-electron chi connectivity index (χ0n) is 7.63. The van der Waals surface area contributed by atoms with Crippen LogP contribution in [0.4, 0.5) is 0 Å². The van der Waals surface area contributed by atoms with Crippen molar-refractivity contribution in [3.63, 3.8) is 0 Å². The van der Waals surface area contributed by atoms with Crippen molar-refractivity contribution in [3.8, 4) is 5.75 Å². The van der Waals surface area contributed by atoms with Crippen molar-refractivity contribution in [1.29, 1.82) is 0 Å². The summed E-state index contributed by atoms with van der Waals surface area (Å²) in [5, 5.41) is 2.51. The lowest BCUT2D eigenvalue weighted by molar-refractivity contribution is 0.0961. The highest BCUT2D eigenvalue weighted by molar-refractivity contribution is 6.03. The van der Waals surface area contributed by atoms with Gasteiger partial charge in [0.15, 0.2) is 0 Å². The molecule has 0 saturated carbocycles. The Hall–Kier alpha value is -1.45. The second kappa shape index (κ2) is 3.98. The summed E-state index contributed by atoms with van der Waals surface area (Å²) in [5.74, 6) is 0.175. The van der Waals surface area contributed by atoms with E-state index in [2.05, 4.69) is 9.97 Å². The van der Waals surface area contributed by atoms with Gasteiger partial charge in [0.2, 0.25) is 0 Å². The number of rotatable bonds is 2. The zero-order valence-corrected chi connectivity index (χ0v) is 7.63. The molecule has 1 aromatic carbocycles. The number of benzene rings is 1. The Labute approximate surface area is 78.5 Å². The predicted molar refractivity (Wildman–Crippen MR) is 51.0 cm³/mol. The molecule has 0 spiro atoms. The topological polar surface area (TPSA) is 38.3 Å². The maximum Gasteiger partial charge on any atom is 0.374 e. The molecule has 13 heavy (non-hydrogen) atoms. The Kier molecular flexibility index (Phi) is 2.95. The smallest absolute Gasteiger partial charge is 0.374 e. The molecule has 0 aliphatic heterocycles. The minimum Gasteiger partial charge on any atom is -0.567 e. The maximum absolute atomic E-state index is 11.3. The normalized spacial score (nSPS) is 9.38. The highest BCUT2D eigenvalue weighted by Crippen LogP contribution is 2.18. The first-order chi connectivity index (χ1) is 6.19. The molecule has 1 aromatic rings. The molecule has 1 N–H and O–H groups in total. The molecule has 0 fully saturated rings. The number of amides is 1. The Morgan fingerprint density at radius 1 is 1.54 bits per heavy atom. The summed E-state index contributed by atoms with van der Waals surface area (Å²) in [4.78, 5) is 11.3. The molecular formula is C9H10BNO2. The number of aryl methyl sites for hydroxylation is 1. The fourth-order valence-corrected chi connectivity index (χ4v) is 1.06. The van der Waals surface area contributed by atoms with Gasteiger partial charge in [0, 0.05) is 7.05 Å². The summed E-state index contributed by atoms with van der Waals surface area (Å²) in [5.41, 5.74) is 1.43. The van der Waals surface area contributed by atoms with E-state index < -0.39 is 0 Å². The molecule has 0 heterocycles. The predicted octanol–water partition coefficient (Wildman–Crippen LogP) is 0.817. The highest BCUT2D eigenvalue weighted by atomic mass is 16.4. The molecule has 2 radical (unpaired) electrons. The van der Waals surface area contributed by atoms with Crippen LogP contribution in [0.5, 0.6) is 5.75 Å². The number of hydrogen-bond donors (Lipinski definition) is 1. The van der Waals surface area contributed by atoms with Crippen molar-refractivity contribution in [2.24, 2.45) is 0 Å². The van der Waals surface area contributed by atoms with Gasteiger partial charge >= 0.3 is 8.05 Å². The van der Waals surface area contributed by atoms with E-state index in [9.17, 15) is 4.79 Å². The Morgan fingerprint density at radius 2 is 2.23 bits per heavy atom. The van der Waals surface area contributed by atoms with Crippen LogP contribution in [0.1, 0.15) is 15.9 Å². The Bertz CT molecular complexity index is 325. The Morgan fingerprint density at radius 3 is 2.77 bits per heavy atom. The van der Waals surface area contributed by atoms with E-state index in [4.69, 9.17) is 8.05 Å². The second-order valence-corrected chi connectivity index (χ2v) is 2.70. The van der Waals surface area contributed by atoms with Crippen LogP contribution in [0.3, 0.4) is 0 Å². The van der Waals surface area contributed by atoms with Crippen LogP contribution in [0.2, 0.25) is 0 Å². The lowest BCUT2D eigenvalue weighted by Crippen LogP contribution is -2.18. The van der Waals surface area contributed by atoms with E-state index >= 15 is 0 Å². The third kappa shape index (κ3) is 2.02. The lowest BCUT2D eigenvalue weighted by Gasteiger charge is -2.08. The number of hydrogen-bond acceptors (Lipinski definition) is 2. The van der Waals surface area contributed by atoms with E-state index in [1.807, 2.05) is 13.0 Å². The van der Waals surface area contributed by atoms with Gasteiger partial charge < -0.3 is 9.97 Å². The number of carbonyl (C=O) groups excluding carboxylic acids is 1.